The molecule has 25 heavy (non-hydrogen) atoms. The SMILES string of the molecule is NC(=O)OCCC(=O)N1CCC(c2ccccc2C2CCCN2)CC1. The molecular weight excluding hydrogens is 318 g/mol. The van der Waals surface area contributed by atoms with Crippen molar-refractivity contribution in [3.8, 4) is 0 Å². The molecule has 0 radical (unpaired) electrons. The van der Waals surface area contributed by atoms with Crippen LogP contribution in [0.1, 0.15) is 55.2 Å². The summed E-state index contributed by atoms with van der Waals surface area (Å²) in [6, 6.07) is 9.21. The maximum absolute atomic E-state index is 12.2. The Bertz CT molecular complexity index is 606. The summed E-state index contributed by atoms with van der Waals surface area (Å²) in [5, 5.41) is 3.60. The van der Waals surface area contributed by atoms with Crippen molar-refractivity contribution in [2.45, 2.75) is 44.1 Å². The molecular formula is C19H27N3O3. The van der Waals surface area contributed by atoms with Crippen LogP contribution in [0.3, 0.4) is 0 Å². The second-order valence-electron chi connectivity index (χ2n) is 6.85. The van der Waals surface area contributed by atoms with E-state index in [0.29, 0.717) is 12.0 Å². The zero-order valence-electron chi connectivity index (χ0n) is 14.6. The van der Waals surface area contributed by atoms with Crippen LogP contribution in [0, 0.1) is 0 Å². The van der Waals surface area contributed by atoms with E-state index in [1.807, 2.05) is 4.90 Å². The number of hydrogen-bond acceptors (Lipinski definition) is 4. The van der Waals surface area contributed by atoms with Gasteiger partial charge in [0.1, 0.15) is 6.61 Å². The minimum absolute atomic E-state index is 0.0328. The second-order valence-corrected chi connectivity index (χ2v) is 6.85. The Morgan fingerprint density at radius 2 is 1.88 bits per heavy atom. The Kier molecular flexibility index (Phi) is 5.91. The zero-order chi connectivity index (χ0) is 17.6. The van der Waals surface area contributed by atoms with Crippen LogP contribution in [0.2, 0.25) is 0 Å². The van der Waals surface area contributed by atoms with Crippen molar-refractivity contribution in [2.75, 3.05) is 26.2 Å². The van der Waals surface area contributed by atoms with Crippen LogP contribution in [0.4, 0.5) is 4.79 Å². The van der Waals surface area contributed by atoms with Crippen molar-refractivity contribution in [3.05, 3.63) is 35.4 Å². The predicted octanol–water partition coefficient (Wildman–Crippen LogP) is 2.30. The quantitative estimate of drug-likeness (QED) is 0.857. The highest BCUT2D eigenvalue weighted by molar-refractivity contribution is 5.76. The Morgan fingerprint density at radius 1 is 1.16 bits per heavy atom. The van der Waals surface area contributed by atoms with Crippen molar-refractivity contribution < 1.29 is 14.3 Å². The van der Waals surface area contributed by atoms with Crippen LogP contribution in [0.15, 0.2) is 24.3 Å². The Hall–Kier alpha value is -2.08. The van der Waals surface area contributed by atoms with E-state index in [2.05, 4.69) is 34.3 Å². The molecule has 0 aliphatic carbocycles. The Labute approximate surface area is 148 Å². The largest absolute Gasteiger partial charge is 0.449 e. The minimum Gasteiger partial charge on any atom is -0.449 e. The molecule has 0 saturated carbocycles. The average Bonchev–Trinajstić information content (AvgIpc) is 3.16. The average molecular weight is 345 g/mol. The van der Waals surface area contributed by atoms with E-state index in [4.69, 9.17) is 5.73 Å². The molecule has 6 nitrogen and oxygen atoms in total. The number of carbonyl (C=O) groups is 2. The van der Waals surface area contributed by atoms with E-state index >= 15 is 0 Å². The molecule has 6 heteroatoms. The second kappa shape index (κ2) is 8.34. The van der Waals surface area contributed by atoms with E-state index < -0.39 is 6.09 Å². The first-order valence-electron chi connectivity index (χ1n) is 9.17. The number of nitrogens with one attached hydrogen (secondary N) is 1. The number of likely N-dealkylation sites (tertiary alicyclic amines) is 1. The van der Waals surface area contributed by atoms with Crippen molar-refractivity contribution in [1.29, 1.82) is 0 Å². The van der Waals surface area contributed by atoms with E-state index in [1.54, 1.807) is 0 Å². The third-order valence-electron chi connectivity index (χ3n) is 5.28. The third kappa shape index (κ3) is 4.51. The molecule has 2 aliphatic rings. The van der Waals surface area contributed by atoms with Gasteiger partial charge < -0.3 is 20.7 Å². The normalized spacial score (nSPS) is 21.3. The number of hydrogen-bond donors (Lipinski definition) is 2. The first kappa shape index (κ1) is 17.7. The van der Waals surface area contributed by atoms with E-state index in [0.717, 1.165) is 32.5 Å². The van der Waals surface area contributed by atoms with Crippen molar-refractivity contribution in [2.24, 2.45) is 5.73 Å². The van der Waals surface area contributed by atoms with Crippen LogP contribution in [0.25, 0.3) is 0 Å². The summed E-state index contributed by atoms with van der Waals surface area (Å²) in [4.78, 5) is 24.6. The highest BCUT2D eigenvalue weighted by Gasteiger charge is 2.27. The number of nitrogens with zero attached hydrogens (tertiary/aromatic N) is 1. The summed E-state index contributed by atoms with van der Waals surface area (Å²) >= 11 is 0. The number of amides is 2. The first-order chi connectivity index (χ1) is 12.1. The van der Waals surface area contributed by atoms with Gasteiger partial charge in [0.05, 0.1) is 6.42 Å². The molecule has 2 aliphatic heterocycles. The highest BCUT2D eigenvalue weighted by Crippen LogP contribution is 2.35. The molecule has 0 aromatic heterocycles. The lowest BCUT2D eigenvalue weighted by Gasteiger charge is -2.33. The summed E-state index contributed by atoms with van der Waals surface area (Å²) in [5.41, 5.74) is 7.78. The number of benzene rings is 1. The summed E-state index contributed by atoms with van der Waals surface area (Å²) in [6.07, 6.45) is 3.77. The van der Waals surface area contributed by atoms with Crippen molar-refractivity contribution in [1.82, 2.24) is 10.2 Å². The van der Waals surface area contributed by atoms with Gasteiger partial charge in [-0.15, -0.1) is 0 Å². The molecule has 2 saturated heterocycles. The molecule has 1 atom stereocenters. The fraction of sp³-hybridized carbons (Fsp3) is 0.579. The van der Waals surface area contributed by atoms with Gasteiger partial charge in [-0.25, -0.2) is 4.79 Å². The topological polar surface area (TPSA) is 84.7 Å². The first-order valence-corrected chi connectivity index (χ1v) is 9.17. The van der Waals surface area contributed by atoms with Gasteiger partial charge in [-0.05, 0) is 49.3 Å². The third-order valence-corrected chi connectivity index (χ3v) is 5.28. The van der Waals surface area contributed by atoms with Crippen molar-refractivity contribution >= 4 is 12.0 Å². The lowest BCUT2D eigenvalue weighted by molar-refractivity contribution is -0.132. The van der Waals surface area contributed by atoms with Gasteiger partial charge in [-0.3, -0.25) is 4.79 Å². The molecule has 0 spiro atoms. The molecule has 2 amide bonds. The minimum atomic E-state index is -0.830. The number of ether oxygens (including phenoxy) is 1. The van der Waals surface area contributed by atoms with Gasteiger partial charge in [-0.1, -0.05) is 24.3 Å². The molecule has 1 unspecified atom stereocenters. The number of carbonyl (C=O) groups excluding carboxylic acids is 2. The summed E-state index contributed by atoms with van der Waals surface area (Å²) in [6.45, 7) is 2.67. The molecule has 0 bridgehead atoms. The van der Waals surface area contributed by atoms with E-state index in [1.165, 1.54) is 24.0 Å². The van der Waals surface area contributed by atoms with E-state index in [9.17, 15) is 9.59 Å². The molecule has 3 rings (SSSR count). The monoisotopic (exact) mass is 345 g/mol. The lowest BCUT2D eigenvalue weighted by atomic mass is 9.84. The number of nitrogens with two attached hydrogens (primary N) is 1. The highest BCUT2D eigenvalue weighted by atomic mass is 16.5. The maximum Gasteiger partial charge on any atom is 0.404 e. The molecule has 2 fully saturated rings. The fourth-order valence-electron chi connectivity index (χ4n) is 3.99. The van der Waals surface area contributed by atoms with Gasteiger partial charge >= 0.3 is 6.09 Å². The van der Waals surface area contributed by atoms with Crippen LogP contribution >= 0.6 is 0 Å². The summed E-state index contributed by atoms with van der Waals surface area (Å²) < 4.78 is 4.65. The van der Waals surface area contributed by atoms with E-state index in [-0.39, 0.29) is 18.9 Å². The summed E-state index contributed by atoms with van der Waals surface area (Å²) in [5.74, 6) is 0.537. The Morgan fingerprint density at radius 3 is 2.52 bits per heavy atom. The van der Waals surface area contributed by atoms with Gasteiger partial charge in [-0.2, -0.15) is 0 Å². The zero-order valence-corrected chi connectivity index (χ0v) is 14.6. The Balaban J connectivity index is 1.56. The lowest BCUT2D eigenvalue weighted by Crippen LogP contribution is -2.38. The van der Waals surface area contributed by atoms with Gasteiger partial charge in [0, 0.05) is 19.1 Å². The smallest absolute Gasteiger partial charge is 0.404 e. The van der Waals surface area contributed by atoms with Crippen LogP contribution in [-0.4, -0.2) is 43.1 Å². The number of rotatable bonds is 5. The van der Waals surface area contributed by atoms with Crippen LogP contribution in [-0.2, 0) is 9.53 Å². The van der Waals surface area contributed by atoms with Gasteiger partial charge in [0.2, 0.25) is 5.91 Å². The van der Waals surface area contributed by atoms with Crippen LogP contribution < -0.4 is 11.1 Å². The van der Waals surface area contributed by atoms with Gasteiger partial charge in [0.25, 0.3) is 0 Å². The van der Waals surface area contributed by atoms with Gasteiger partial charge in [0.15, 0.2) is 0 Å². The molecule has 1 aromatic carbocycles. The molecule has 3 N–H and O–H groups in total. The molecule has 2 heterocycles. The maximum atomic E-state index is 12.2. The standard InChI is InChI=1S/C19H27N3O3/c20-19(24)25-13-9-18(23)22-11-7-14(8-12-22)15-4-1-2-5-16(15)17-6-3-10-21-17/h1-2,4-5,14,17,21H,3,6-13H2,(H2,20,24). The van der Waals surface area contributed by atoms with Crippen molar-refractivity contribution in [3.63, 3.8) is 0 Å². The summed E-state index contributed by atoms with van der Waals surface area (Å²) in [7, 11) is 0. The number of piperidine rings is 1. The molecule has 136 valence electrons. The number of primary amides is 1. The van der Waals surface area contributed by atoms with Crippen LogP contribution in [0.5, 0.6) is 0 Å². The fourth-order valence-corrected chi connectivity index (χ4v) is 3.99. The predicted molar refractivity (Wildman–Crippen MR) is 95.1 cm³/mol. The molecule has 1 aromatic rings.